The van der Waals surface area contributed by atoms with Gasteiger partial charge in [-0.3, -0.25) is 4.98 Å². The van der Waals surface area contributed by atoms with Crippen molar-refractivity contribution in [3.63, 3.8) is 0 Å². The number of nitrogens with zero attached hydrogens (tertiary/aromatic N) is 1. The van der Waals surface area contributed by atoms with Gasteiger partial charge < -0.3 is 5.11 Å². The SMILES string of the molecule is OCC=Cc1nccc2ccccc12. The molecule has 0 spiro atoms. The molecular formula is C12H11NO. The lowest BCUT2D eigenvalue weighted by molar-refractivity contribution is 0.343. The molecule has 2 aromatic rings. The lowest BCUT2D eigenvalue weighted by Gasteiger charge is -1.99. The van der Waals surface area contributed by atoms with Gasteiger partial charge in [0.05, 0.1) is 12.3 Å². The maximum Gasteiger partial charge on any atom is 0.0705 e. The van der Waals surface area contributed by atoms with Gasteiger partial charge in [0.2, 0.25) is 0 Å². The highest BCUT2D eigenvalue weighted by molar-refractivity contribution is 5.88. The zero-order chi connectivity index (χ0) is 9.80. The number of hydrogen-bond acceptors (Lipinski definition) is 2. The summed E-state index contributed by atoms with van der Waals surface area (Å²) >= 11 is 0. The number of pyridine rings is 1. The van der Waals surface area contributed by atoms with Gasteiger partial charge in [0.25, 0.3) is 0 Å². The fourth-order valence-electron chi connectivity index (χ4n) is 1.44. The molecule has 0 saturated carbocycles. The Bertz CT molecular complexity index is 457. The van der Waals surface area contributed by atoms with Crippen molar-refractivity contribution >= 4 is 16.8 Å². The number of benzene rings is 1. The van der Waals surface area contributed by atoms with Crippen molar-refractivity contribution in [2.24, 2.45) is 0 Å². The molecule has 0 fully saturated rings. The van der Waals surface area contributed by atoms with E-state index in [1.54, 1.807) is 12.3 Å². The Hall–Kier alpha value is -1.67. The van der Waals surface area contributed by atoms with Gasteiger partial charge in [-0.05, 0) is 17.5 Å². The summed E-state index contributed by atoms with van der Waals surface area (Å²) in [5, 5.41) is 11.0. The van der Waals surface area contributed by atoms with Gasteiger partial charge in [0.15, 0.2) is 0 Å². The molecule has 1 aromatic heterocycles. The van der Waals surface area contributed by atoms with E-state index in [1.165, 1.54) is 5.39 Å². The molecule has 1 heterocycles. The van der Waals surface area contributed by atoms with Crippen molar-refractivity contribution in [2.45, 2.75) is 0 Å². The summed E-state index contributed by atoms with van der Waals surface area (Å²) in [6.45, 7) is 0.0465. The van der Waals surface area contributed by atoms with Crippen LogP contribution in [0.5, 0.6) is 0 Å². The second-order valence-corrected chi connectivity index (χ2v) is 3.00. The predicted octanol–water partition coefficient (Wildman–Crippen LogP) is 2.24. The number of rotatable bonds is 2. The predicted molar refractivity (Wildman–Crippen MR) is 57.9 cm³/mol. The van der Waals surface area contributed by atoms with Gasteiger partial charge in [0.1, 0.15) is 0 Å². The lowest BCUT2D eigenvalue weighted by Crippen LogP contribution is -1.83. The van der Waals surface area contributed by atoms with Crippen LogP contribution in [0.2, 0.25) is 0 Å². The zero-order valence-electron chi connectivity index (χ0n) is 7.72. The van der Waals surface area contributed by atoms with Crippen molar-refractivity contribution in [3.8, 4) is 0 Å². The molecular weight excluding hydrogens is 174 g/mol. The molecule has 0 atom stereocenters. The average molecular weight is 185 g/mol. The highest BCUT2D eigenvalue weighted by atomic mass is 16.2. The van der Waals surface area contributed by atoms with E-state index in [1.807, 2.05) is 36.4 Å². The van der Waals surface area contributed by atoms with Crippen molar-refractivity contribution in [1.82, 2.24) is 4.98 Å². The van der Waals surface area contributed by atoms with Crippen molar-refractivity contribution in [2.75, 3.05) is 6.61 Å². The molecule has 1 aromatic carbocycles. The molecule has 0 amide bonds. The van der Waals surface area contributed by atoms with Gasteiger partial charge in [-0.15, -0.1) is 0 Å². The quantitative estimate of drug-likeness (QED) is 0.778. The average Bonchev–Trinajstić information content (AvgIpc) is 2.26. The fraction of sp³-hybridized carbons (Fsp3) is 0.0833. The maximum atomic E-state index is 8.69. The monoisotopic (exact) mass is 185 g/mol. The maximum absolute atomic E-state index is 8.69. The third-order valence-corrected chi connectivity index (χ3v) is 2.09. The van der Waals surface area contributed by atoms with E-state index < -0.39 is 0 Å². The van der Waals surface area contributed by atoms with Gasteiger partial charge in [-0.1, -0.05) is 30.3 Å². The lowest BCUT2D eigenvalue weighted by atomic mass is 10.1. The van der Waals surface area contributed by atoms with Crippen LogP contribution >= 0.6 is 0 Å². The standard InChI is InChI=1S/C12H11NO/c14-9-3-6-12-11-5-2-1-4-10(11)7-8-13-12/h1-8,14H,9H2. The topological polar surface area (TPSA) is 33.1 Å². The molecule has 14 heavy (non-hydrogen) atoms. The first-order chi connectivity index (χ1) is 6.92. The fourth-order valence-corrected chi connectivity index (χ4v) is 1.44. The first-order valence-corrected chi connectivity index (χ1v) is 4.53. The summed E-state index contributed by atoms with van der Waals surface area (Å²) in [6.07, 6.45) is 5.30. The number of aliphatic hydroxyl groups is 1. The highest BCUT2D eigenvalue weighted by Crippen LogP contribution is 2.16. The van der Waals surface area contributed by atoms with Crippen LogP contribution in [0.25, 0.3) is 16.8 Å². The van der Waals surface area contributed by atoms with E-state index >= 15 is 0 Å². The van der Waals surface area contributed by atoms with Crippen molar-refractivity contribution < 1.29 is 5.11 Å². The summed E-state index contributed by atoms with van der Waals surface area (Å²) in [7, 11) is 0. The number of aliphatic hydroxyl groups excluding tert-OH is 1. The second-order valence-electron chi connectivity index (χ2n) is 3.00. The van der Waals surface area contributed by atoms with E-state index in [0.717, 1.165) is 11.1 Å². The summed E-state index contributed by atoms with van der Waals surface area (Å²) in [4.78, 5) is 4.25. The van der Waals surface area contributed by atoms with Crippen LogP contribution in [0.1, 0.15) is 5.69 Å². The highest BCUT2D eigenvalue weighted by Gasteiger charge is 1.96. The minimum absolute atomic E-state index is 0.0465. The van der Waals surface area contributed by atoms with Crippen LogP contribution in [0.3, 0.4) is 0 Å². The van der Waals surface area contributed by atoms with Crippen LogP contribution in [0, 0.1) is 0 Å². The Labute approximate surface area is 82.5 Å². The summed E-state index contributed by atoms with van der Waals surface area (Å²) in [5.41, 5.74) is 0.900. The molecule has 70 valence electrons. The Morgan fingerprint density at radius 3 is 2.93 bits per heavy atom. The largest absolute Gasteiger partial charge is 0.392 e. The number of aromatic nitrogens is 1. The Kier molecular flexibility index (Phi) is 2.56. The molecule has 1 N–H and O–H groups in total. The molecule has 0 radical (unpaired) electrons. The van der Waals surface area contributed by atoms with E-state index in [0.29, 0.717) is 0 Å². The molecule has 0 unspecified atom stereocenters. The van der Waals surface area contributed by atoms with Gasteiger partial charge in [-0.25, -0.2) is 0 Å². The first-order valence-electron chi connectivity index (χ1n) is 4.53. The molecule has 0 aliphatic heterocycles. The Balaban J connectivity index is 2.59. The van der Waals surface area contributed by atoms with Gasteiger partial charge >= 0.3 is 0 Å². The Morgan fingerprint density at radius 1 is 1.21 bits per heavy atom. The Morgan fingerprint density at radius 2 is 2.07 bits per heavy atom. The molecule has 2 heteroatoms. The minimum atomic E-state index is 0.0465. The molecule has 2 nitrogen and oxygen atoms in total. The molecule has 0 aliphatic carbocycles. The normalized spacial score (nSPS) is 11.2. The summed E-state index contributed by atoms with van der Waals surface area (Å²) in [5.74, 6) is 0. The smallest absolute Gasteiger partial charge is 0.0705 e. The number of hydrogen-bond donors (Lipinski definition) is 1. The summed E-state index contributed by atoms with van der Waals surface area (Å²) in [6, 6.07) is 10.0. The van der Waals surface area contributed by atoms with E-state index in [4.69, 9.17) is 5.11 Å². The van der Waals surface area contributed by atoms with E-state index in [9.17, 15) is 0 Å². The van der Waals surface area contributed by atoms with Crippen LogP contribution in [0.15, 0.2) is 42.6 Å². The van der Waals surface area contributed by atoms with E-state index in [-0.39, 0.29) is 6.61 Å². The van der Waals surface area contributed by atoms with Gasteiger partial charge in [0, 0.05) is 11.6 Å². The number of fused-ring (bicyclic) bond motifs is 1. The van der Waals surface area contributed by atoms with Crippen molar-refractivity contribution in [1.29, 1.82) is 0 Å². The van der Waals surface area contributed by atoms with Crippen LogP contribution in [-0.4, -0.2) is 16.7 Å². The first kappa shape index (κ1) is 8.91. The molecule has 2 rings (SSSR count). The van der Waals surface area contributed by atoms with E-state index in [2.05, 4.69) is 4.98 Å². The van der Waals surface area contributed by atoms with Crippen molar-refractivity contribution in [3.05, 3.63) is 48.3 Å². The molecule has 0 aliphatic rings. The minimum Gasteiger partial charge on any atom is -0.392 e. The van der Waals surface area contributed by atoms with Crippen LogP contribution in [0.4, 0.5) is 0 Å². The molecule has 0 saturated heterocycles. The summed E-state index contributed by atoms with van der Waals surface area (Å²) < 4.78 is 0. The van der Waals surface area contributed by atoms with Crippen LogP contribution in [-0.2, 0) is 0 Å². The molecule has 0 bridgehead atoms. The zero-order valence-corrected chi connectivity index (χ0v) is 7.72. The third-order valence-electron chi connectivity index (χ3n) is 2.09. The van der Waals surface area contributed by atoms with Gasteiger partial charge in [-0.2, -0.15) is 0 Å². The van der Waals surface area contributed by atoms with Crippen LogP contribution < -0.4 is 0 Å². The second kappa shape index (κ2) is 4.03. The third kappa shape index (κ3) is 1.65.